The minimum atomic E-state index is -0.396. The van der Waals surface area contributed by atoms with Crippen LogP contribution in [0, 0.1) is 0 Å². The van der Waals surface area contributed by atoms with Crippen molar-refractivity contribution in [2.24, 2.45) is 0 Å². The number of nitrogens with zero attached hydrogens (tertiary/aromatic N) is 3. The lowest BCUT2D eigenvalue weighted by molar-refractivity contribution is 0.0544. The number of methoxy groups -OCH3 is 3. The summed E-state index contributed by atoms with van der Waals surface area (Å²) in [6.07, 6.45) is 3.54. The van der Waals surface area contributed by atoms with Gasteiger partial charge in [-0.25, -0.2) is 14.4 Å². The van der Waals surface area contributed by atoms with Gasteiger partial charge >= 0.3 is 18.3 Å². The van der Waals surface area contributed by atoms with Crippen LogP contribution in [0.4, 0.5) is 14.4 Å². The molecule has 107 heavy (non-hydrogen) atoms. The second-order valence-corrected chi connectivity index (χ2v) is 27.2. The van der Waals surface area contributed by atoms with E-state index in [1.807, 2.05) is 150 Å². The van der Waals surface area contributed by atoms with E-state index >= 15 is 0 Å². The summed E-state index contributed by atoms with van der Waals surface area (Å²) in [5, 5.41) is 5.34. The molecule has 0 fully saturated rings. The molecule has 0 radical (unpaired) electrons. The van der Waals surface area contributed by atoms with Crippen molar-refractivity contribution in [2.45, 2.75) is 63.6 Å². The first-order valence-corrected chi connectivity index (χ1v) is 37.8. The number of ether oxygens (including phenoxy) is 12. The van der Waals surface area contributed by atoms with E-state index in [0.717, 1.165) is 103 Å². The molecule has 3 aliphatic heterocycles. The number of carbonyl (C=O) groups is 3. The lowest BCUT2D eigenvalue weighted by atomic mass is 9.92. The summed E-state index contributed by atoms with van der Waals surface area (Å²) < 4.78 is 65.5. The molecule has 7 aromatic carbocycles. The predicted octanol–water partition coefficient (Wildman–Crippen LogP) is 17.3. The van der Waals surface area contributed by atoms with Crippen molar-refractivity contribution in [3.8, 4) is 23.0 Å². The number of aromatic amines is 3. The number of para-hydroxylation sites is 1. The number of hydrogen-bond acceptors (Lipinski definition) is 15. The van der Waals surface area contributed by atoms with Gasteiger partial charge in [0.25, 0.3) is 0 Å². The molecule has 0 saturated carbocycles. The van der Waals surface area contributed by atoms with E-state index in [1.54, 1.807) is 43.3 Å². The van der Waals surface area contributed by atoms with Crippen molar-refractivity contribution in [3.63, 3.8) is 0 Å². The van der Waals surface area contributed by atoms with Gasteiger partial charge in [-0.05, 0) is 169 Å². The molecule has 13 rings (SSSR count). The normalized spacial score (nSPS) is 15.2. The lowest BCUT2D eigenvalue weighted by Crippen LogP contribution is -2.42. The molecule has 568 valence electrons. The Morgan fingerprint density at radius 1 is 0.393 bits per heavy atom. The first kappa shape index (κ1) is 79.3. The van der Waals surface area contributed by atoms with E-state index in [9.17, 15) is 14.4 Å². The average Bonchev–Trinajstić information content (AvgIpc) is 1.64. The van der Waals surface area contributed by atoms with Crippen molar-refractivity contribution in [1.29, 1.82) is 0 Å². The van der Waals surface area contributed by atoms with Gasteiger partial charge in [-0.2, -0.15) is 0 Å². The number of amides is 3. The quantitative estimate of drug-likeness (QED) is 0.0272. The van der Waals surface area contributed by atoms with Crippen LogP contribution < -0.4 is 18.9 Å². The van der Waals surface area contributed by atoms with E-state index in [4.69, 9.17) is 103 Å². The van der Waals surface area contributed by atoms with Crippen LogP contribution in [0.5, 0.6) is 23.0 Å². The number of halogens is 4. The Morgan fingerprint density at radius 2 is 0.729 bits per heavy atom. The summed E-state index contributed by atoms with van der Waals surface area (Å²) in [5.74, 6) is 3.18. The highest BCUT2D eigenvalue weighted by molar-refractivity contribution is 6.32. The lowest BCUT2D eigenvalue weighted by Gasteiger charge is -2.35. The molecule has 3 aliphatic rings. The molecule has 6 heterocycles. The number of alkyl halides is 1. The highest BCUT2D eigenvalue weighted by Gasteiger charge is 2.39. The minimum absolute atomic E-state index is 0.287. The van der Waals surface area contributed by atoms with Crippen LogP contribution >= 0.6 is 46.4 Å². The standard InChI is InChI=1S/C29H29ClN2O5.C27H33ClN2O5.C26H30Cl2N2O5/c1-34-15-16-35-17-18-36-22-10-7-20(8-11-22)28-27-24(25-19-21(30)9-12-26(25)31-27)13-14-32(28)29(33)37-23-5-3-2-4-6-23;1-3-4-13-35-27(31)30-12-11-22-23-18-20(28)7-10-24(23)29-25(22)26(30)19-5-8-21(9-6-19)34-17-16-33-15-14-32-2;1-32-13-14-33-15-16-34-20-6-3-18(4-7-20)25-24-21(22-17-19(28)5-8-23(22)29-24)9-11-30(25)26(31)35-12-2-10-27/h2-12,19,28,31H,13-18H2,1H3;5-10,18,26,29H,3-4,11-17H2,1-2H3;3-8,17,25,29H,2,9-16H2,1H3. The fraction of sp³-hybridized carbons (Fsp3) is 0.378. The topological polar surface area (TPSA) is 219 Å². The number of benzene rings is 7. The van der Waals surface area contributed by atoms with E-state index in [0.29, 0.717) is 158 Å². The van der Waals surface area contributed by atoms with E-state index < -0.39 is 6.09 Å². The molecule has 0 spiro atoms. The maximum absolute atomic E-state index is 13.4. The number of nitrogens with one attached hydrogen (secondary N) is 3. The Labute approximate surface area is 643 Å². The van der Waals surface area contributed by atoms with Crippen molar-refractivity contribution in [1.82, 2.24) is 29.7 Å². The molecule has 3 amide bonds. The molecule has 0 aliphatic carbocycles. The van der Waals surface area contributed by atoms with Gasteiger partial charge in [0, 0.05) is 112 Å². The summed E-state index contributed by atoms with van der Waals surface area (Å²) in [6, 6.07) is 49.1. The van der Waals surface area contributed by atoms with Crippen LogP contribution in [0.15, 0.2) is 158 Å². The van der Waals surface area contributed by atoms with Crippen LogP contribution in [0.3, 0.4) is 0 Å². The number of unbranched alkanes of at least 4 members (excludes halogenated alkanes) is 1. The van der Waals surface area contributed by atoms with Gasteiger partial charge < -0.3 is 71.8 Å². The molecule has 0 bridgehead atoms. The maximum Gasteiger partial charge on any atom is 0.416 e. The largest absolute Gasteiger partial charge is 0.491 e. The molecular weight excluding hydrogens is 1450 g/mol. The second-order valence-electron chi connectivity index (χ2n) is 25.5. The van der Waals surface area contributed by atoms with E-state index in [2.05, 4.69) is 21.9 Å². The van der Waals surface area contributed by atoms with Crippen LogP contribution in [-0.4, -0.2) is 187 Å². The van der Waals surface area contributed by atoms with Crippen LogP contribution in [0.2, 0.25) is 15.1 Å². The molecule has 21 nitrogen and oxygen atoms in total. The Bertz CT molecular complexity index is 4290. The van der Waals surface area contributed by atoms with Crippen molar-refractivity contribution < 1.29 is 71.2 Å². The third-order valence-electron chi connectivity index (χ3n) is 18.5. The Kier molecular flexibility index (Phi) is 30.0. The summed E-state index contributed by atoms with van der Waals surface area (Å²) in [6.45, 7) is 10.5. The van der Waals surface area contributed by atoms with Gasteiger partial charge in [0.1, 0.15) is 60.9 Å². The number of aromatic nitrogens is 3. The fourth-order valence-corrected chi connectivity index (χ4v) is 14.0. The SMILES string of the molecule is CCCCOC(=O)N1CCc2c([nH]c3ccc(Cl)cc23)C1c1ccc(OCCOCCOC)cc1.COCCOCCOc1ccc(C2c3[nH]c4ccc(Cl)cc4c3CCN2C(=O)OCCCCl)cc1.COCCOCCOc1ccc(C2c3[nH]c4ccc(Cl)cc4c3CCN2C(=O)Oc2ccccc2)cc1. The van der Waals surface area contributed by atoms with Gasteiger partial charge in [0.15, 0.2) is 0 Å². The number of rotatable bonds is 31. The Balaban J connectivity index is 0.000000160. The molecule has 3 aromatic heterocycles. The smallest absolute Gasteiger partial charge is 0.416 e. The molecule has 0 saturated heterocycles. The van der Waals surface area contributed by atoms with Gasteiger partial charge in [0.05, 0.1) is 72.7 Å². The summed E-state index contributed by atoms with van der Waals surface area (Å²) in [7, 11) is 4.93. The maximum atomic E-state index is 13.4. The monoisotopic (exact) mass is 1540 g/mol. The van der Waals surface area contributed by atoms with E-state index in [1.165, 1.54) is 16.7 Å². The average molecular weight is 1540 g/mol. The van der Waals surface area contributed by atoms with Gasteiger partial charge in [-0.1, -0.05) is 103 Å². The summed E-state index contributed by atoms with van der Waals surface area (Å²) in [4.78, 5) is 55.5. The van der Waals surface area contributed by atoms with Gasteiger partial charge in [-0.15, -0.1) is 11.6 Å². The first-order chi connectivity index (χ1) is 52.4. The Morgan fingerprint density at radius 3 is 1.07 bits per heavy atom. The first-order valence-electron chi connectivity index (χ1n) is 36.1. The zero-order valence-corrected chi connectivity index (χ0v) is 63.7. The highest BCUT2D eigenvalue weighted by atomic mass is 35.5. The third kappa shape index (κ3) is 21.0. The van der Waals surface area contributed by atoms with Crippen LogP contribution in [-0.2, 0) is 57.2 Å². The van der Waals surface area contributed by atoms with E-state index in [-0.39, 0.29) is 30.3 Å². The van der Waals surface area contributed by atoms with Crippen LogP contribution in [0.25, 0.3) is 32.7 Å². The molecule has 25 heteroatoms. The van der Waals surface area contributed by atoms with Gasteiger partial charge in [0.2, 0.25) is 0 Å². The zero-order valence-electron chi connectivity index (χ0n) is 60.7. The summed E-state index contributed by atoms with van der Waals surface area (Å²) >= 11 is 24.6. The second kappa shape index (κ2) is 40.5. The third-order valence-corrected chi connectivity index (χ3v) is 19.5. The van der Waals surface area contributed by atoms with Gasteiger partial charge in [-0.3, -0.25) is 14.7 Å². The summed E-state index contributed by atoms with van der Waals surface area (Å²) in [5.41, 5.74) is 12.4. The molecule has 3 atom stereocenters. The predicted molar refractivity (Wildman–Crippen MR) is 416 cm³/mol. The highest BCUT2D eigenvalue weighted by Crippen LogP contribution is 2.44. The number of H-pyrrole nitrogens is 3. The molecule has 10 aromatic rings. The van der Waals surface area contributed by atoms with Crippen molar-refractivity contribution >= 4 is 97.4 Å². The molecule has 3 N–H and O–H groups in total. The minimum Gasteiger partial charge on any atom is -0.491 e. The number of fused-ring (bicyclic) bond motifs is 9. The number of hydrogen-bond donors (Lipinski definition) is 3. The van der Waals surface area contributed by atoms with Crippen molar-refractivity contribution in [2.75, 3.05) is 139 Å². The van der Waals surface area contributed by atoms with Crippen LogP contribution in [0.1, 0.15) is 94.8 Å². The molecular formula is C82H92Cl4N6O15. The fourth-order valence-electron chi connectivity index (χ4n) is 13.4. The number of carbonyl (C=O) groups excluding carboxylic acids is 3. The molecule has 3 unspecified atom stereocenters. The Hall–Kier alpha value is -8.71. The van der Waals surface area contributed by atoms with Crippen molar-refractivity contribution in [3.05, 3.63) is 223 Å². The zero-order chi connectivity index (χ0) is 74.9.